The molecule has 5 nitrogen and oxygen atoms in total. The average molecular weight is 220 g/mol. The minimum Gasteiger partial charge on any atom is -0.383 e. The number of nitrogens with two attached hydrogens (primary N) is 1. The van der Waals surface area contributed by atoms with Gasteiger partial charge in [-0.25, -0.2) is 0 Å². The van der Waals surface area contributed by atoms with Gasteiger partial charge in [0.05, 0.1) is 6.20 Å². The van der Waals surface area contributed by atoms with Crippen LogP contribution in [-0.4, -0.2) is 21.7 Å². The minimum atomic E-state index is -0.133. The third kappa shape index (κ3) is 2.08. The van der Waals surface area contributed by atoms with Crippen LogP contribution in [0.4, 0.5) is 5.82 Å². The Morgan fingerprint density at radius 2 is 2.44 bits per heavy atom. The van der Waals surface area contributed by atoms with Gasteiger partial charge < -0.3 is 11.1 Å². The molecule has 1 atom stereocenters. The summed E-state index contributed by atoms with van der Waals surface area (Å²) in [7, 11) is 1.72. The highest BCUT2D eigenvalue weighted by atomic mass is 16.1. The fourth-order valence-electron chi connectivity index (χ4n) is 1.81. The summed E-state index contributed by atoms with van der Waals surface area (Å²) in [5, 5.41) is 6.91. The molecule has 86 valence electrons. The van der Waals surface area contributed by atoms with E-state index >= 15 is 0 Å². The van der Waals surface area contributed by atoms with Gasteiger partial charge in [-0.05, 0) is 19.3 Å². The Balaban J connectivity index is 2.03. The molecule has 0 aliphatic heterocycles. The molecule has 0 fully saturated rings. The zero-order valence-corrected chi connectivity index (χ0v) is 9.31. The van der Waals surface area contributed by atoms with Gasteiger partial charge in [-0.3, -0.25) is 9.48 Å². The largest absolute Gasteiger partial charge is 0.383 e. The van der Waals surface area contributed by atoms with Gasteiger partial charge >= 0.3 is 0 Å². The monoisotopic (exact) mass is 220 g/mol. The number of allylic oxidation sites excluding steroid dienone is 1. The smallest absolute Gasteiger partial charge is 0.256 e. The van der Waals surface area contributed by atoms with E-state index in [1.165, 1.54) is 10.9 Å². The van der Waals surface area contributed by atoms with Crippen molar-refractivity contribution in [2.45, 2.75) is 25.3 Å². The number of rotatable bonds is 2. The summed E-state index contributed by atoms with van der Waals surface area (Å²) < 4.78 is 1.50. The maximum Gasteiger partial charge on any atom is 0.256 e. The van der Waals surface area contributed by atoms with Crippen molar-refractivity contribution in [1.29, 1.82) is 0 Å². The second kappa shape index (κ2) is 4.38. The molecule has 1 aromatic heterocycles. The maximum absolute atomic E-state index is 11.9. The molecule has 1 unspecified atom stereocenters. The topological polar surface area (TPSA) is 72.9 Å². The number of aryl methyl sites for hydroxylation is 1. The summed E-state index contributed by atoms with van der Waals surface area (Å²) in [4.78, 5) is 11.9. The van der Waals surface area contributed by atoms with Crippen LogP contribution < -0.4 is 11.1 Å². The van der Waals surface area contributed by atoms with Crippen LogP contribution in [0.3, 0.4) is 0 Å². The molecule has 0 aromatic carbocycles. The van der Waals surface area contributed by atoms with Gasteiger partial charge in [0, 0.05) is 13.1 Å². The number of hydrogen-bond acceptors (Lipinski definition) is 3. The Kier molecular flexibility index (Phi) is 2.94. The minimum absolute atomic E-state index is 0.133. The van der Waals surface area contributed by atoms with Crippen molar-refractivity contribution in [2.24, 2.45) is 7.05 Å². The van der Waals surface area contributed by atoms with E-state index in [9.17, 15) is 4.79 Å². The van der Waals surface area contributed by atoms with Crippen LogP contribution in [0.1, 0.15) is 29.6 Å². The SMILES string of the molecule is Cn1ncc(C(=O)NC2CC=CCC2)c1N. The van der Waals surface area contributed by atoms with E-state index in [0.717, 1.165) is 19.3 Å². The first-order valence-electron chi connectivity index (χ1n) is 5.42. The lowest BCUT2D eigenvalue weighted by atomic mass is 10.0. The summed E-state index contributed by atoms with van der Waals surface area (Å²) in [5.74, 6) is 0.273. The normalized spacial score (nSPS) is 19.7. The zero-order valence-electron chi connectivity index (χ0n) is 9.31. The molecule has 0 bridgehead atoms. The van der Waals surface area contributed by atoms with E-state index in [1.807, 2.05) is 0 Å². The third-order valence-corrected chi connectivity index (χ3v) is 2.83. The number of carbonyl (C=O) groups excluding carboxylic acids is 1. The Bertz CT molecular complexity index is 422. The summed E-state index contributed by atoms with van der Waals surface area (Å²) in [5.41, 5.74) is 6.19. The van der Waals surface area contributed by atoms with Crippen molar-refractivity contribution in [2.75, 3.05) is 5.73 Å². The fourth-order valence-corrected chi connectivity index (χ4v) is 1.81. The number of nitrogen functional groups attached to an aromatic ring is 1. The molecule has 0 saturated carbocycles. The lowest BCUT2D eigenvalue weighted by Crippen LogP contribution is -2.35. The quantitative estimate of drug-likeness (QED) is 0.725. The van der Waals surface area contributed by atoms with Crippen LogP contribution in [0, 0.1) is 0 Å². The summed E-state index contributed by atoms with van der Waals surface area (Å²) in [6, 6.07) is 0.220. The van der Waals surface area contributed by atoms with E-state index in [2.05, 4.69) is 22.6 Å². The van der Waals surface area contributed by atoms with Crippen molar-refractivity contribution < 1.29 is 4.79 Å². The Morgan fingerprint density at radius 1 is 1.62 bits per heavy atom. The molecule has 3 N–H and O–H groups in total. The number of hydrogen-bond donors (Lipinski definition) is 2. The molecule has 16 heavy (non-hydrogen) atoms. The Hall–Kier alpha value is -1.78. The average Bonchev–Trinajstić information content (AvgIpc) is 2.61. The van der Waals surface area contributed by atoms with Gasteiger partial charge in [0.1, 0.15) is 11.4 Å². The van der Waals surface area contributed by atoms with Crippen LogP contribution in [-0.2, 0) is 7.05 Å². The number of carbonyl (C=O) groups is 1. The van der Waals surface area contributed by atoms with Gasteiger partial charge in [0.15, 0.2) is 0 Å². The van der Waals surface area contributed by atoms with Crippen molar-refractivity contribution in [3.05, 3.63) is 23.9 Å². The van der Waals surface area contributed by atoms with Crippen molar-refractivity contribution in [3.63, 3.8) is 0 Å². The molecule has 5 heteroatoms. The lowest BCUT2D eigenvalue weighted by molar-refractivity contribution is 0.0935. The highest BCUT2D eigenvalue weighted by molar-refractivity contribution is 5.98. The maximum atomic E-state index is 11.9. The molecule has 2 rings (SSSR count). The second-order valence-electron chi connectivity index (χ2n) is 4.02. The van der Waals surface area contributed by atoms with Gasteiger partial charge in [0.25, 0.3) is 5.91 Å². The van der Waals surface area contributed by atoms with Crippen LogP contribution in [0.2, 0.25) is 0 Å². The van der Waals surface area contributed by atoms with Crippen molar-refractivity contribution in [1.82, 2.24) is 15.1 Å². The van der Waals surface area contributed by atoms with Gasteiger partial charge in [-0.2, -0.15) is 5.10 Å². The van der Waals surface area contributed by atoms with Gasteiger partial charge in [0.2, 0.25) is 0 Å². The molecule has 1 aliphatic carbocycles. The molecule has 1 heterocycles. The number of anilines is 1. The van der Waals surface area contributed by atoms with E-state index in [1.54, 1.807) is 7.05 Å². The number of nitrogens with zero attached hydrogens (tertiary/aromatic N) is 2. The lowest BCUT2D eigenvalue weighted by Gasteiger charge is -2.18. The molecular weight excluding hydrogens is 204 g/mol. The van der Waals surface area contributed by atoms with Crippen molar-refractivity contribution >= 4 is 11.7 Å². The first-order valence-corrected chi connectivity index (χ1v) is 5.42. The van der Waals surface area contributed by atoms with Crippen LogP contribution in [0.5, 0.6) is 0 Å². The highest BCUT2D eigenvalue weighted by Gasteiger charge is 2.17. The Morgan fingerprint density at radius 3 is 3.00 bits per heavy atom. The highest BCUT2D eigenvalue weighted by Crippen LogP contribution is 2.13. The van der Waals surface area contributed by atoms with Crippen LogP contribution in [0.25, 0.3) is 0 Å². The second-order valence-corrected chi connectivity index (χ2v) is 4.02. The van der Waals surface area contributed by atoms with Crippen molar-refractivity contribution in [3.8, 4) is 0 Å². The third-order valence-electron chi connectivity index (χ3n) is 2.83. The van der Waals surface area contributed by atoms with E-state index in [-0.39, 0.29) is 11.9 Å². The van der Waals surface area contributed by atoms with Crippen LogP contribution >= 0.6 is 0 Å². The van der Waals surface area contributed by atoms with Crippen LogP contribution in [0.15, 0.2) is 18.3 Å². The summed E-state index contributed by atoms with van der Waals surface area (Å²) in [6.07, 6.45) is 8.65. The summed E-state index contributed by atoms with van der Waals surface area (Å²) >= 11 is 0. The predicted octanol–water partition coefficient (Wildman–Crippen LogP) is 0.841. The molecule has 0 spiro atoms. The zero-order chi connectivity index (χ0) is 11.5. The molecular formula is C11H16N4O. The first-order chi connectivity index (χ1) is 7.68. The molecule has 0 saturated heterocycles. The fraction of sp³-hybridized carbons (Fsp3) is 0.455. The summed E-state index contributed by atoms with van der Waals surface area (Å²) in [6.45, 7) is 0. The number of amides is 1. The first kappa shape index (κ1) is 10.7. The number of aromatic nitrogens is 2. The van der Waals surface area contributed by atoms with E-state index < -0.39 is 0 Å². The van der Waals surface area contributed by atoms with E-state index in [0.29, 0.717) is 11.4 Å². The van der Waals surface area contributed by atoms with Gasteiger partial charge in [-0.1, -0.05) is 12.2 Å². The van der Waals surface area contributed by atoms with E-state index in [4.69, 9.17) is 5.73 Å². The Labute approximate surface area is 94.3 Å². The standard InChI is InChI=1S/C11H16N4O/c1-15-10(12)9(7-13-15)11(16)14-8-5-3-2-4-6-8/h2-3,7-8H,4-6,12H2,1H3,(H,14,16). The number of nitrogens with one attached hydrogen (secondary N) is 1. The molecule has 1 aliphatic rings. The van der Waals surface area contributed by atoms with Gasteiger partial charge in [-0.15, -0.1) is 0 Å². The molecule has 1 aromatic rings. The predicted molar refractivity (Wildman–Crippen MR) is 61.9 cm³/mol. The molecule has 1 amide bonds. The molecule has 0 radical (unpaired) electrons.